The summed E-state index contributed by atoms with van der Waals surface area (Å²) in [5.41, 5.74) is 0.220. The lowest BCUT2D eigenvalue weighted by molar-refractivity contribution is -0.523. The van der Waals surface area contributed by atoms with Gasteiger partial charge in [0.2, 0.25) is 5.84 Å². The first-order chi connectivity index (χ1) is 8.43. The Hall–Kier alpha value is -1.84. The minimum Gasteiger partial charge on any atom is -0.545 e. The summed E-state index contributed by atoms with van der Waals surface area (Å²) < 4.78 is 2.31. The number of benzene rings is 1. The van der Waals surface area contributed by atoms with E-state index in [0.29, 0.717) is 6.04 Å². The normalized spacial score (nSPS) is 18.4. The van der Waals surface area contributed by atoms with Crippen molar-refractivity contribution in [3.63, 3.8) is 0 Å². The molecule has 0 aromatic heterocycles. The van der Waals surface area contributed by atoms with E-state index in [1.54, 1.807) is 18.2 Å². The van der Waals surface area contributed by atoms with Crippen molar-refractivity contribution in [3.05, 3.63) is 35.9 Å². The predicted octanol–water partition coefficient (Wildman–Crippen LogP) is 0.431. The molecule has 0 radical (unpaired) electrons. The van der Waals surface area contributed by atoms with E-state index >= 15 is 0 Å². The number of aromatic carboxylic acids is 1. The van der Waals surface area contributed by atoms with E-state index in [-0.39, 0.29) is 5.56 Å². The van der Waals surface area contributed by atoms with Gasteiger partial charge < -0.3 is 9.90 Å². The molecule has 1 aliphatic heterocycles. The lowest BCUT2D eigenvalue weighted by Crippen LogP contribution is -2.21. The molecule has 1 aromatic carbocycles. The zero-order valence-electron chi connectivity index (χ0n) is 11.4. The average Bonchev–Trinajstić information content (AvgIpc) is 2.58. The van der Waals surface area contributed by atoms with Crippen LogP contribution in [-0.2, 0) is 0 Å². The van der Waals surface area contributed by atoms with E-state index in [0.717, 1.165) is 0 Å². The zero-order valence-corrected chi connectivity index (χ0v) is 11.4. The number of carbonyl (C=O) groups is 1. The second-order valence-corrected chi connectivity index (χ2v) is 4.54. The van der Waals surface area contributed by atoms with Crippen molar-refractivity contribution < 1.29 is 14.5 Å². The molecule has 0 aliphatic carbocycles. The number of likely N-dealkylation sites (N-methyl/N-ethyl adjacent to an activating group) is 2. The maximum Gasteiger partial charge on any atom is 0.243 e. The third kappa shape index (κ3) is 3.58. The van der Waals surface area contributed by atoms with Gasteiger partial charge in [0, 0.05) is 6.92 Å². The topological polar surface area (TPSA) is 46.4 Å². The number of hydrogen-bond acceptors (Lipinski definition) is 3. The molecule has 0 amide bonds. The summed E-state index contributed by atoms with van der Waals surface area (Å²) in [6.07, 6.45) is 0. The number of carbonyl (C=O) groups excluding carboxylic acids is 1. The molecule has 2 rings (SSSR count). The molecule has 0 saturated carbocycles. The molecule has 0 fully saturated rings. The van der Waals surface area contributed by atoms with E-state index in [1.165, 1.54) is 24.5 Å². The fourth-order valence-corrected chi connectivity index (χ4v) is 1.81. The third-order valence-electron chi connectivity index (χ3n) is 3.27. The van der Waals surface area contributed by atoms with E-state index in [4.69, 9.17) is 0 Å². The van der Waals surface area contributed by atoms with Crippen molar-refractivity contribution >= 4 is 11.8 Å². The molecule has 0 spiro atoms. The van der Waals surface area contributed by atoms with Gasteiger partial charge in [-0.1, -0.05) is 30.3 Å². The standard InChI is InChI=1S/C7H15N2.C7H6O2/c1-6-5-8(3)7(2)9(6)4;8-7(9)6-4-2-1-3-5-6/h6H,5H2,1-4H3;1-5H,(H,8,9)/q+1;/p-1. The highest BCUT2D eigenvalue weighted by atomic mass is 16.4. The minimum atomic E-state index is -1.13. The number of amidine groups is 1. The van der Waals surface area contributed by atoms with Crippen LogP contribution in [0.25, 0.3) is 0 Å². The van der Waals surface area contributed by atoms with Gasteiger partial charge in [0.1, 0.15) is 12.6 Å². The molecule has 4 heteroatoms. The van der Waals surface area contributed by atoms with Gasteiger partial charge in [0.05, 0.1) is 20.1 Å². The van der Waals surface area contributed by atoms with Gasteiger partial charge in [-0.25, -0.2) is 0 Å². The molecule has 98 valence electrons. The fourth-order valence-electron chi connectivity index (χ4n) is 1.81. The number of rotatable bonds is 1. The number of hydrogen-bond donors (Lipinski definition) is 0. The maximum atomic E-state index is 10.1. The lowest BCUT2D eigenvalue weighted by atomic mass is 10.2. The van der Waals surface area contributed by atoms with Crippen LogP contribution in [0.2, 0.25) is 0 Å². The van der Waals surface area contributed by atoms with Crippen LogP contribution < -0.4 is 5.11 Å². The Bertz CT molecular complexity index is 424. The van der Waals surface area contributed by atoms with Crippen LogP contribution in [0.3, 0.4) is 0 Å². The Morgan fingerprint density at radius 3 is 2.17 bits per heavy atom. The van der Waals surface area contributed by atoms with Gasteiger partial charge in [-0.05, 0) is 12.5 Å². The van der Waals surface area contributed by atoms with Crippen LogP contribution in [0.4, 0.5) is 0 Å². The Balaban J connectivity index is 0.000000180. The minimum absolute atomic E-state index is 0.220. The highest BCUT2D eigenvalue weighted by Crippen LogP contribution is 2.03. The Morgan fingerprint density at radius 1 is 1.39 bits per heavy atom. The molecule has 1 unspecified atom stereocenters. The third-order valence-corrected chi connectivity index (χ3v) is 3.27. The summed E-state index contributed by atoms with van der Waals surface area (Å²) in [7, 11) is 4.28. The largest absolute Gasteiger partial charge is 0.545 e. The van der Waals surface area contributed by atoms with E-state index in [9.17, 15) is 9.90 Å². The molecule has 0 saturated heterocycles. The molecule has 1 aliphatic rings. The quantitative estimate of drug-likeness (QED) is 0.677. The average molecular weight is 248 g/mol. The van der Waals surface area contributed by atoms with Crippen molar-refractivity contribution in [1.29, 1.82) is 0 Å². The van der Waals surface area contributed by atoms with Crippen LogP contribution in [-0.4, -0.2) is 48.0 Å². The van der Waals surface area contributed by atoms with E-state index in [1.807, 2.05) is 0 Å². The highest BCUT2D eigenvalue weighted by molar-refractivity contribution is 5.85. The molecule has 0 N–H and O–H groups in total. The predicted molar refractivity (Wildman–Crippen MR) is 69.7 cm³/mol. The molecular weight excluding hydrogens is 228 g/mol. The van der Waals surface area contributed by atoms with Crippen molar-refractivity contribution in [2.45, 2.75) is 19.9 Å². The highest BCUT2D eigenvalue weighted by Gasteiger charge is 2.26. The Labute approximate surface area is 108 Å². The van der Waals surface area contributed by atoms with E-state index in [2.05, 4.69) is 37.4 Å². The van der Waals surface area contributed by atoms with Crippen molar-refractivity contribution in [3.8, 4) is 0 Å². The lowest BCUT2D eigenvalue weighted by Gasteiger charge is -1.99. The molecule has 0 bridgehead atoms. The second-order valence-electron chi connectivity index (χ2n) is 4.54. The molecule has 1 heterocycles. The first kappa shape index (κ1) is 14.2. The van der Waals surface area contributed by atoms with E-state index < -0.39 is 5.97 Å². The molecule has 1 aromatic rings. The Kier molecular flexibility index (Phi) is 4.89. The smallest absolute Gasteiger partial charge is 0.243 e. The molecular formula is C14H20N2O2. The van der Waals surface area contributed by atoms with Gasteiger partial charge in [-0.15, -0.1) is 0 Å². The fraction of sp³-hybridized carbons (Fsp3) is 0.429. The van der Waals surface area contributed by atoms with Crippen LogP contribution in [0.1, 0.15) is 24.2 Å². The number of nitrogens with zero attached hydrogens (tertiary/aromatic N) is 2. The second kappa shape index (κ2) is 6.19. The van der Waals surface area contributed by atoms with Gasteiger partial charge in [-0.3, -0.25) is 9.48 Å². The van der Waals surface area contributed by atoms with Crippen LogP contribution in [0.15, 0.2) is 30.3 Å². The Morgan fingerprint density at radius 2 is 1.94 bits per heavy atom. The maximum absolute atomic E-state index is 10.1. The molecule has 1 atom stereocenters. The summed E-state index contributed by atoms with van der Waals surface area (Å²) >= 11 is 0. The zero-order chi connectivity index (χ0) is 13.7. The SMILES string of the molecule is CC1=[N+](C)C(C)CN1C.O=C([O-])c1ccccc1. The van der Waals surface area contributed by atoms with Gasteiger partial charge in [0.25, 0.3) is 0 Å². The summed E-state index contributed by atoms with van der Waals surface area (Å²) in [4.78, 5) is 12.4. The summed E-state index contributed by atoms with van der Waals surface area (Å²) in [5.74, 6) is 0.248. The van der Waals surface area contributed by atoms with Crippen molar-refractivity contribution in [2.75, 3.05) is 20.6 Å². The number of carboxylic acid groups (broad SMARTS) is 1. The van der Waals surface area contributed by atoms with Crippen molar-refractivity contribution in [1.82, 2.24) is 4.90 Å². The number of carboxylic acids is 1. The summed E-state index contributed by atoms with van der Waals surface area (Å²) in [5, 5.41) is 10.1. The summed E-state index contributed by atoms with van der Waals surface area (Å²) in [6.45, 7) is 5.57. The van der Waals surface area contributed by atoms with Crippen molar-refractivity contribution in [2.24, 2.45) is 0 Å². The first-order valence-corrected chi connectivity index (χ1v) is 5.97. The van der Waals surface area contributed by atoms with Crippen LogP contribution in [0, 0.1) is 0 Å². The van der Waals surface area contributed by atoms with Crippen LogP contribution >= 0.6 is 0 Å². The summed E-state index contributed by atoms with van der Waals surface area (Å²) in [6, 6.07) is 8.75. The van der Waals surface area contributed by atoms with Gasteiger partial charge in [-0.2, -0.15) is 0 Å². The first-order valence-electron chi connectivity index (χ1n) is 5.97. The van der Waals surface area contributed by atoms with Crippen LogP contribution in [0.5, 0.6) is 0 Å². The molecule has 18 heavy (non-hydrogen) atoms. The molecule has 4 nitrogen and oxygen atoms in total. The monoisotopic (exact) mass is 248 g/mol. The van der Waals surface area contributed by atoms with Gasteiger partial charge in [0.15, 0.2) is 0 Å². The van der Waals surface area contributed by atoms with Gasteiger partial charge >= 0.3 is 0 Å².